The van der Waals surface area contributed by atoms with E-state index >= 15 is 0 Å². The zero-order valence-corrected chi connectivity index (χ0v) is 21.6. The molecule has 0 aromatic rings. The van der Waals surface area contributed by atoms with E-state index in [0.29, 0.717) is 32.5 Å². The van der Waals surface area contributed by atoms with Gasteiger partial charge in [-0.15, -0.1) is 0 Å². The topological polar surface area (TPSA) is 0 Å². The molecule has 4 saturated carbocycles. The van der Waals surface area contributed by atoms with Crippen LogP contribution in [0.3, 0.4) is 0 Å². The molecule has 4 fully saturated rings. The van der Waals surface area contributed by atoms with Crippen molar-refractivity contribution >= 4 is 0 Å². The highest BCUT2D eigenvalue weighted by molar-refractivity contribution is 5.33. The molecule has 0 bridgehead atoms. The molecule has 0 aromatic carbocycles. The first-order valence-corrected chi connectivity index (χ1v) is 13.5. The van der Waals surface area contributed by atoms with Gasteiger partial charge in [-0.05, 0) is 114 Å². The summed E-state index contributed by atoms with van der Waals surface area (Å²) in [6.45, 7) is 21.2. The molecule has 5 aliphatic rings. The highest BCUT2D eigenvalue weighted by Gasteiger charge is 2.66. The van der Waals surface area contributed by atoms with E-state index in [1.165, 1.54) is 70.6 Å². The van der Waals surface area contributed by atoms with E-state index in [1.807, 2.05) is 5.57 Å². The number of rotatable bonds is 0. The Balaban J connectivity index is 1.58. The summed E-state index contributed by atoms with van der Waals surface area (Å²) >= 11 is 0. The second-order valence-corrected chi connectivity index (χ2v) is 15.2. The first kappa shape index (κ1) is 21.6. The molecule has 5 rings (SSSR count). The third kappa shape index (κ3) is 2.64. The van der Waals surface area contributed by atoms with Crippen LogP contribution in [0.25, 0.3) is 0 Å². The molecule has 1 unspecified atom stereocenters. The highest BCUT2D eigenvalue weighted by atomic mass is 14.7. The molecule has 0 amide bonds. The van der Waals surface area contributed by atoms with Crippen LogP contribution in [0.1, 0.15) is 126 Å². The van der Waals surface area contributed by atoms with Crippen molar-refractivity contribution in [2.24, 2.45) is 50.2 Å². The quantitative estimate of drug-likeness (QED) is 0.349. The zero-order valence-electron chi connectivity index (χ0n) is 21.6. The van der Waals surface area contributed by atoms with Gasteiger partial charge in [0.1, 0.15) is 0 Å². The summed E-state index contributed by atoms with van der Waals surface area (Å²) in [6.07, 6.45) is 18.8. The van der Waals surface area contributed by atoms with Crippen molar-refractivity contribution in [3.05, 3.63) is 11.6 Å². The van der Waals surface area contributed by atoms with Gasteiger partial charge in [-0.2, -0.15) is 0 Å². The lowest BCUT2D eigenvalue weighted by Crippen LogP contribution is -2.62. The number of fused-ring (bicyclic) bond motifs is 7. The Labute approximate surface area is 188 Å². The van der Waals surface area contributed by atoms with Crippen LogP contribution in [-0.4, -0.2) is 0 Å². The van der Waals surface area contributed by atoms with Crippen LogP contribution in [0.15, 0.2) is 11.6 Å². The van der Waals surface area contributed by atoms with E-state index in [9.17, 15) is 0 Å². The van der Waals surface area contributed by atoms with E-state index in [2.05, 4.69) is 61.5 Å². The lowest BCUT2D eigenvalue weighted by molar-refractivity contribution is -0.179. The third-order valence-electron chi connectivity index (χ3n) is 12.8. The molecule has 0 spiro atoms. The van der Waals surface area contributed by atoms with Crippen LogP contribution < -0.4 is 0 Å². The SMILES string of the molecule is CC1(C)CC[C@]2(C)CC[C@]3(C)C(=CC[C@@H]4[C@@]5(C)CCCC(C)(C)C5CC[C@]43C)[C@@H]2C1. The molecular weight excluding hydrogens is 360 g/mol. The summed E-state index contributed by atoms with van der Waals surface area (Å²) in [5.41, 5.74) is 5.04. The van der Waals surface area contributed by atoms with Crippen LogP contribution in [0, 0.1) is 50.2 Å². The van der Waals surface area contributed by atoms with Gasteiger partial charge in [0.05, 0.1) is 0 Å². The molecular formula is C30H50. The fourth-order valence-corrected chi connectivity index (χ4v) is 10.6. The molecule has 0 aromatic heterocycles. The average molecular weight is 411 g/mol. The van der Waals surface area contributed by atoms with Crippen molar-refractivity contribution in [2.45, 2.75) is 126 Å². The zero-order chi connectivity index (χ0) is 21.8. The molecule has 0 aliphatic heterocycles. The standard InChI is InChI=1S/C30H50/c1-25(2)16-17-27(5)18-19-29(7)21(22(27)20-25)10-11-24-28(6)14-9-13-26(3,4)23(28)12-15-30(24,29)8/h10,22-24H,9,11-20H2,1-8H3/t22-,23?,24+,27+,28-,29+,30+/m0/s1. The van der Waals surface area contributed by atoms with Gasteiger partial charge in [0.2, 0.25) is 0 Å². The van der Waals surface area contributed by atoms with Crippen molar-refractivity contribution in [3.8, 4) is 0 Å². The lowest BCUT2D eigenvalue weighted by Gasteiger charge is -2.71. The minimum Gasteiger partial charge on any atom is -0.0841 e. The largest absolute Gasteiger partial charge is 0.0841 e. The smallest absolute Gasteiger partial charge is 0.00565 e. The molecule has 30 heavy (non-hydrogen) atoms. The second kappa shape index (κ2) is 6.20. The van der Waals surface area contributed by atoms with Crippen molar-refractivity contribution in [1.82, 2.24) is 0 Å². The van der Waals surface area contributed by atoms with E-state index in [4.69, 9.17) is 0 Å². The van der Waals surface area contributed by atoms with E-state index < -0.39 is 0 Å². The van der Waals surface area contributed by atoms with Gasteiger partial charge >= 0.3 is 0 Å². The summed E-state index contributed by atoms with van der Waals surface area (Å²) in [5.74, 6) is 2.65. The highest BCUT2D eigenvalue weighted by Crippen LogP contribution is 2.75. The maximum absolute atomic E-state index is 2.85. The Bertz CT molecular complexity index is 754. The fraction of sp³-hybridized carbons (Fsp3) is 0.933. The van der Waals surface area contributed by atoms with E-state index in [1.54, 1.807) is 0 Å². The van der Waals surface area contributed by atoms with Crippen molar-refractivity contribution in [1.29, 1.82) is 0 Å². The minimum atomic E-state index is 0.434. The predicted octanol–water partition coefficient (Wildman–Crippen LogP) is 9.20. The van der Waals surface area contributed by atoms with Gasteiger partial charge < -0.3 is 0 Å². The molecule has 0 heterocycles. The van der Waals surface area contributed by atoms with Crippen LogP contribution in [0.4, 0.5) is 0 Å². The molecule has 7 atom stereocenters. The van der Waals surface area contributed by atoms with Crippen molar-refractivity contribution in [3.63, 3.8) is 0 Å². The Morgan fingerprint density at radius 3 is 2.17 bits per heavy atom. The van der Waals surface area contributed by atoms with Gasteiger partial charge in [-0.1, -0.05) is 73.5 Å². The first-order valence-electron chi connectivity index (χ1n) is 13.5. The van der Waals surface area contributed by atoms with Gasteiger partial charge in [-0.25, -0.2) is 0 Å². The molecule has 0 N–H and O–H groups in total. The van der Waals surface area contributed by atoms with Crippen molar-refractivity contribution < 1.29 is 0 Å². The molecule has 5 aliphatic carbocycles. The maximum Gasteiger partial charge on any atom is -0.00565 e. The normalized spacial score (nSPS) is 54.1. The molecule has 0 nitrogen and oxygen atoms in total. The predicted molar refractivity (Wildman–Crippen MR) is 129 cm³/mol. The van der Waals surface area contributed by atoms with Crippen LogP contribution >= 0.6 is 0 Å². The molecule has 170 valence electrons. The van der Waals surface area contributed by atoms with E-state index in [0.717, 1.165) is 17.8 Å². The van der Waals surface area contributed by atoms with E-state index in [-0.39, 0.29) is 0 Å². The molecule has 0 heteroatoms. The Kier molecular flexibility index (Phi) is 4.46. The molecule has 0 saturated heterocycles. The van der Waals surface area contributed by atoms with Crippen LogP contribution in [-0.2, 0) is 0 Å². The lowest BCUT2D eigenvalue weighted by atomic mass is 9.34. The van der Waals surface area contributed by atoms with Crippen LogP contribution in [0.5, 0.6) is 0 Å². The number of hydrogen-bond donors (Lipinski definition) is 0. The van der Waals surface area contributed by atoms with Crippen LogP contribution in [0.2, 0.25) is 0 Å². The fourth-order valence-electron chi connectivity index (χ4n) is 10.6. The summed E-state index contributed by atoms with van der Waals surface area (Å²) in [4.78, 5) is 0. The first-order chi connectivity index (χ1) is 13.8. The van der Waals surface area contributed by atoms with Gasteiger partial charge in [-0.3, -0.25) is 0 Å². The molecule has 0 radical (unpaired) electrons. The monoisotopic (exact) mass is 410 g/mol. The van der Waals surface area contributed by atoms with Gasteiger partial charge in [0.25, 0.3) is 0 Å². The second-order valence-electron chi connectivity index (χ2n) is 15.2. The Morgan fingerprint density at radius 2 is 1.43 bits per heavy atom. The summed E-state index contributed by atoms with van der Waals surface area (Å²) in [6, 6.07) is 0. The van der Waals surface area contributed by atoms with Crippen molar-refractivity contribution in [2.75, 3.05) is 0 Å². The Morgan fingerprint density at radius 1 is 0.733 bits per heavy atom. The Hall–Kier alpha value is -0.260. The summed E-state index contributed by atoms with van der Waals surface area (Å²) < 4.78 is 0. The maximum atomic E-state index is 2.85. The minimum absolute atomic E-state index is 0.434. The summed E-state index contributed by atoms with van der Waals surface area (Å²) in [7, 11) is 0. The van der Waals surface area contributed by atoms with Gasteiger partial charge in [0.15, 0.2) is 0 Å². The number of hydrogen-bond acceptors (Lipinski definition) is 0. The summed E-state index contributed by atoms with van der Waals surface area (Å²) in [5, 5.41) is 0. The number of allylic oxidation sites excluding steroid dienone is 2. The third-order valence-corrected chi connectivity index (χ3v) is 12.8. The average Bonchev–Trinajstić information content (AvgIpc) is 2.63. The van der Waals surface area contributed by atoms with Gasteiger partial charge in [0, 0.05) is 0 Å².